The first-order chi connectivity index (χ1) is 9.60. The fraction of sp³-hybridized carbons (Fsp3) is 0.562. The van der Waals surface area contributed by atoms with Crippen LogP contribution in [-0.2, 0) is 4.79 Å². The number of benzene rings is 1. The Hall–Kier alpha value is -1.42. The lowest BCUT2D eigenvalue weighted by Gasteiger charge is -2.38. The van der Waals surface area contributed by atoms with Gasteiger partial charge >= 0.3 is 5.97 Å². The fourth-order valence-corrected chi connectivity index (χ4v) is 3.18. The van der Waals surface area contributed by atoms with Gasteiger partial charge in [0, 0.05) is 19.0 Å². The van der Waals surface area contributed by atoms with E-state index < -0.39 is 5.97 Å². The second-order valence-corrected chi connectivity index (χ2v) is 5.58. The molecule has 0 amide bonds. The molecule has 2 atom stereocenters. The molecular weight excluding hydrogens is 257 g/mol. The minimum atomic E-state index is -0.716. The van der Waals surface area contributed by atoms with E-state index in [0.717, 1.165) is 37.9 Å². The van der Waals surface area contributed by atoms with Crippen molar-refractivity contribution in [3.8, 4) is 0 Å². The lowest BCUT2D eigenvalue weighted by molar-refractivity contribution is -0.138. The molecule has 110 valence electrons. The number of hydrogen-bond acceptors (Lipinski definition) is 2. The molecule has 1 N–H and O–H groups in total. The molecule has 0 radical (unpaired) electrons. The lowest BCUT2D eigenvalue weighted by Crippen LogP contribution is -2.38. The number of carbonyl (C=O) groups is 1. The molecule has 2 unspecified atom stereocenters. The maximum absolute atomic E-state index is 13.0. The third-order valence-electron chi connectivity index (χ3n) is 4.10. The molecule has 0 spiro atoms. The molecular formula is C16H22FNO2. The first-order valence-electron chi connectivity index (χ1n) is 7.31. The van der Waals surface area contributed by atoms with E-state index in [4.69, 9.17) is 5.11 Å². The number of halogens is 1. The van der Waals surface area contributed by atoms with Crippen LogP contribution in [0.1, 0.15) is 44.2 Å². The Morgan fingerprint density at radius 3 is 2.75 bits per heavy atom. The van der Waals surface area contributed by atoms with Crippen LogP contribution in [0.4, 0.5) is 4.39 Å². The average molecular weight is 279 g/mol. The molecule has 2 rings (SSSR count). The Morgan fingerprint density at radius 2 is 2.15 bits per heavy atom. The van der Waals surface area contributed by atoms with Crippen molar-refractivity contribution in [3.05, 3.63) is 35.6 Å². The van der Waals surface area contributed by atoms with Gasteiger partial charge in [-0.15, -0.1) is 0 Å². The normalized spacial score (nSPS) is 21.6. The zero-order chi connectivity index (χ0) is 14.5. The van der Waals surface area contributed by atoms with Crippen LogP contribution in [0, 0.1) is 11.7 Å². The zero-order valence-corrected chi connectivity index (χ0v) is 11.9. The van der Waals surface area contributed by atoms with E-state index >= 15 is 0 Å². The van der Waals surface area contributed by atoms with Crippen LogP contribution >= 0.6 is 0 Å². The van der Waals surface area contributed by atoms with Crippen molar-refractivity contribution in [2.45, 2.75) is 38.6 Å². The van der Waals surface area contributed by atoms with Gasteiger partial charge < -0.3 is 5.11 Å². The predicted octanol–water partition coefficient (Wildman–Crippen LogP) is 3.46. The lowest BCUT2D eigenvalue weighted by atomic mass is 9.92. The van der Waals surface area contributed by atoms with Gasteiger partial charge in [0.15, 0.2) is 0 Å². The molecule has 1 aliphatic heterocycles. The molecule has 20 heavy (non-hydrogen) atoms. The fourth-order valence-electron chi connectivity index (χ4n) is 3.18. The zero-order valence-electron chi connectivity index (χ0n) is 11.9. The van der Waals surface area contributed by atoms with Crippen molar-refractivity contribution in [2.24, 2.45) is 5.92 Å². The summed E-state index contributed by atoms with van der Waals surface area (Å²) in [7, 11) is 0. The van der Waals surface area contributed by atoms with Crippen LogP contribution in [0.5, 0.6) is 0 Å². The summed E-state index contributed by atoms with van der Waals surface area (Å²) in [6.07, 6.45) is 3.22. The van der Waals surface area contributed by atoms with Crippen molar-refractivity contribution in [2.75, 3.05) is 13.1 Å². The summed E-state index contributed by atoms with van der Waals surface area (Å²) in [6, 6.07) is 6.93. The predicted molar refractivity (Wildman–Crippen MR) is 76.0 cm³/mol. The minimum Gasteiger partial charge on any atom is -0.481 e. The summed E-state index contributed by atoms with van der Waals surface area (Å²) < 4.78 is 13.0. The van der Waals surface area contributed by atoms with Crippen LogP contribution in [0.3, 0.4) is 0 Å². The second kappa shape index (κ2) is 6.84. The number of piperidine rings is 1. The smallest absolute Gasteiger partial charge is 0.303 e. The summed E-state index contributed by atoms with van der Waals surface area (Å²) in [5, 5.41) is 8.94. The van der Waals surface area contributed by atoms with Crippen LogP contribution in [-0.4, -0.2) is 29.1 Å². The van der Waals surface area contributed by atoms with Gasteiger partial charge in [-0.1, -0.05) is 19.1 Å². The molecule has 1 aromatic carbocycles. The highest BCUT2D eigenvalue weighted by Crippen LogP contribution is 2.30. The van der Waals surface area contributed by atoms with Gasteiger partial charge in [0.25, 0.3) is 0 Å². The van der Waals surface area contributed by atoms with E-state index in [1.54, 1.807) is 0 Å². The highest BCUT2D eigenvalue weighted by molar-refractivity contribution is 5.67. The van der Waals surface area contributed by atoms with Gasteiger partial charge in [0.05, 0.1) is 0 Å². The number of rotatable bonds is 5. The summed E-state index contributed by atoms with van der Waals surface area (Å²) in [5.74, 6) is -0.701. The molecule has 1 saturated heterocycles. The summed E-state index contributed by atoms with van der Waals surface area (Å²) in [6.45, 7) is 3.93. The van der Waals surface area contributed by atoms with Crippen LogP contribution in [0.15, 0.2) is 24.3 Å². The second-order valence-electron chi connectivity index (χ2n) is 5.58. The Kier molecular flexibility index (Phi) is 5.12. The average Bonchev–Trinajstić information content (AvgIpc) is 2.41. The monoisotopic (exact) mass is 279 g/mol. The van der Waals surface area contributed by atoms with Gasteiger partial charge in [-0.3, -0.25) is 9.69 Å². The van der Waals surface area contributed by atoms with Crippen molar-refractivity contribution >= 4 is 5.97 Å². The summed E-state index contributed by atoms with van der Waals surface area (Å²) in [5.41, 5.74) is 1.12. The molecule has 1 fully saturated rings. The standard InChI is InChI=1S/C16H22FNO2/c1-2-15(13-5-7-14(17)8-6-13)18-9-3-4-12(11-18)10-16(19)20/h5-8,12,15H,2-4,9-11H2,1H3,(H,19,20). The number of carboxylic acids is 1. The van der Waals surface area contributed by atoms with E-state index in [1.165, 1.54) is 12.1 Å². The summed E-state index contributed by atoms with van der Waals surface area (Å²) in [4.78, 5) is 13.2. The quantitative estimate of drug-likeness (QED) is 0.897. The Morgan fingerprint density at radius 1 is 1.45 bits per heavy atom. The van der Waals surface area contributed by atoms with Gasteiger partial charge in [-0.05, 0) is 49.4 Å². The molecule has 1 aliphatic rings. The molecule has 0 bridgehead atoms. The third kappa shape index (κ3) is 3.79. The van der Waals surface area contributed by atoms with Gasteiger partial charge in [0.1, 0.15) is 5.82 Å². The highest BCUT2D eigenvalue weighted by Gasteiger charge is 2.27. The van der Waals surface area contributed by atoms with E-state index in [9.17, 15) is 9.18 Å². The molecule has 1 heterocycles. The van der Waals surface area contributed by atoms with Gasteiger partial charge in [0.2, 0.25) is 0 Å². The topological polar surface area (TPSA) is 40.5 Å². The van der Waals surface area contributed by atoms with E-state index in [1.807, 2.05) is 12.1 Å². The van der Waals surface area contributed by atoms with Crippen LogP contribution in [0.2, 0.25) is 0 Å². The Balaban J connectivity index is 2.06. The summed E-state index contributed by atoms with van der Waals surface area (Å²) >= 11 is 0. The van der Waals surface area contributed by atoms with Crippen molar-refractivity contribution in [1.82, 2.24) is 4.90 Å². The largest absolute Gasteiger partial charge is 0.481 e. The molecule has 0 aromatic heterocycles. The van der Waals surface area contributed by atoms with Crippen molar-refractivity contribution in [3.63, 3.8) is 0 Å². The maximum Gasteiger partial charge on any atom is 0.303 e. The molecule has 4 heteroatoms. The van der Waals surface area contributed by atoms with E-state index in [0.29, 0.717) is 0 Å². The third-order valence-corrected chi connectivity index (χ3v) is 4.10. The van der Waals surface area contributed by atoms with Crippen molar-refractivity contribution < 1.29 is 14.3 Å². The minimum absolute atomic E-state index is 0.217. The van der Waals surface area contributed by atoms with Crippen molar-refractivity contribution in [1.29, 1.82) is 0 Å². The Bertz CT molecular complexity index is 446. The molecule has 0 aliphatic carbocycles. The van der Waals surface area contributed by atoms with Gasteiger partial charge in [-0.2, -0.15) is 0 Å². The molecule has 1 aromatic rings. The van der Waals surface area contributed by atoms with Crippen LogP contribution in [0.25, 0.3) is 0 Å². The van der Waals surface area contributed by atoms with Crippen LogP contribution < -0.4 is 0 Å². The SMILES string of the molecule is CCC(c1ccc(F)cc1)N1CCCC(CC(=O)O)C1. The number of nitrogens with zero attached hydrogens (tertiary/aromatic N) is 1. The number of carboxylic acid groups (broad SMARTS) is 1. The number of hydrogen-bond donors (Lipinski definition) is 1. The maximum atomic E-state index is 13.0. The van der Waals surface area contributed by atoms with Gasteiger partial charge in [-0.25, -0.2) is 4.39 Å². The molecule has 3 nitrogen and oxygen atoms in total. The first-order valence-corrected chi connectivity index (χ1v) is 7.31. The van der Waals surface area contributed by atoms with E-state index in [2.05, 4.69) is 11.8 Å². The van der Waals surface area contributed by atoms with E-state index in [-0.39, 0.29) is 24.2 Å². The Labute approximate surface area is 119 Å². The highest BCUT2D eigenvalue weighted by atomic mass is 19.1. The number of likely N-dealkylation sites (tertiary alicyclic amines) is 1. The molecule has 0 saturated carbocycles. The first kappa shape index (κ1) is 15.0. The number of aliphatic carboxylic acids is 1.